The summed E-state index contributed by atoms with van der Waals surface area (Å²) in [7, 11) is 0. The zero-order valence-corrected chi connectivity index (χ0v) is 16.7. The standard InChI is InChI=1S/C24H25N3O2/c1-15(2)11-22-24(29)26-20-13-19(23(25)28)9-10-21(20)27(22)14-16-7-8-17-5-3-4-6-18(17)12-16/h3-10,12-13,15,22H,11,14H2,1-2H3,(H2,25,28)(H,26,29)/t22-/m0/s1. The van der Waals surface area contributed by atoms with Gasteiger partial charge in [-0.3, -0.25) is 9.59 Å². The van der Waals surface area contributed by atoms with Crippen LogP contribution in [0.1, 0.15) is 36.2 Å². The van der Waals surface area contributed by atoms with Crippen molar-refractivity contribution in [2.24, 2.45) is 11.7 Å². The molecule has 148 valence electrons. The summed E-state index contributed by atoms with van der Waals surface area (Å²) in [5, 5.41) is 5.34. The van der Waals surface area contributed by atoms with Crippen molar-refractivity contribution in [3.8, 4) is 0 Å². The number of carbonyl (C=O) groups is 2. The molecule has 1 atom stereocenters. The Kier molecular flexibility index (Phi) is 4.97. The number of primary amides is 1. The van der Waals surface area contributed by atoms with Gasteiger partial charge in [0.05, 0.1) is 11.4 Å². The Morgan fingerprint density at radius 3 is 2.55 bits per heavy atom. The lowest BCUT2D eigenvalue weighted by Gasteiger charge is -2.39. The van der Waals surface area contributed by atoms with E-state index in [1.54, 1.807) is 12.1 Å². The van der Waals surface area contributed by atoms with Gasteiger partial charge >= 0.3 is 0 Å². The smallest absolute Gasteiger partial charge is 0.248 e. The summed E-state index contributed by atoms with van der Waals surface area (Å²) in [5.41, 5.74) is 8.48. The molecular weight excluding hydrogens is 362 g/mol. The van der Waals surface area contributed by atoms with Crippen molar-refractivity contribution < 1.29 is 9.59 Å². The second kappa shape index (κ2) is 7.59. The number of anilines is 2. The molecule has 0 bridgehead atoms. The van der Waals surface area contributed by atoms with Crippen molar-refractivity contribution in [3.63, 3.8) is 0 Å². The summed E-state index contributed by atoms with van der Waals surface area (Å²) >= 11 is 0. The number of hydrogen-bond acceptors (Lipinski definition) is 3. The quantitative estimate of drug-likeness (QED) is 0.685. The summed E-state index contributed by atoms with van der Waals surface area (Å²) in [4.78, 5) is 26.6. The van der Waals surface area contributed by atoms with E-state index in [0.717, 1.165) is 17.7 Å². The van der Waals surface area contributed by atoms with E-state index in [9.17, 15) is 9.59 Å². The molecule has 3 aromatic carbocycles. The Hall–Kier alpha value is -3.34. The van der Waals surface area contributed by atoms with Gasteiger partial charge in [0, 0.05) is 12.1 Å². The van der Waals surface area contributed by atoms with Gasteiger partial charge < -0.3 is 16.0 Å². The molecule has 1 heterocycles. The monoisotopic (exact) mass is 387 g/mol. The van der Waals surface area contributed by atoms with Crippen molar-refractivity contribution in [2.75, 3.05) is 10.2 Å². The minimum absolute atomic E-state index is 0.0476. The molecule has 1 aliphatic rings. The molecule has 3 aromatic rings. The van der Waals surface area contributed by atoms with Crippen LogP contribution in [-0.4, -0.2) is 17.9 Å². The van der Waals surface area contributed by atoms with Crippen LogP contribution in [-0.2, 0) is 11.3 Å². The lowest BCUT2D eigenvalue weighted by atomic mass is 9.96. The zero-order valence-electron chi connectivity index (χ0n) is 16.7. The molecule has 4 rings (SSSR count). The van der Waals surface area contributed by atoms with Gasteiger partial charge in [-0.2, -0.15) is 0 Å². The van der Waals surface area contributed by atoms with E-state index in [2.05, 4.69) is 54.4 Å². The van der Waals surface area contributed by atoms with Crippen molar-refractivity contribution >= 4 is 34.0 Å². The van der Waals surface area contributed by atoms with Crippen LogP contribution >= 0.6 is 0 Å². The summed E-state index contributed by atoms with van der Waals surface area (Å²) in [6, 6.07) is 19.6. The van der Waals surface area contributed by atoms with E-state index in [1.165, 1.54) is 10.8 Å². The fourth-order valence-corrected chi connectivity index (χ4v) is 3.98. The Morgan fingerprint density at radius 1 is 1.07 bits per heavy atom. The molecule has 0 aliphatic carbocycles. The summed E-state index contributed by atoms with van der Waals surface area (Å²) in [6.07, 6.45) is 0.746. The molecule has 1 aliphatic heterocycles. The number of rotatable bonds is 5. The molecule has 0 unspecified atom stereocenters. The SMILES string of the molecule is CC(C)C[C@H]1C(=O)Nc2cc(C(N)=O)ccc2N1Cc1ccc2ccccc2c1. The maximum Gasteiger partial charge on any atom is 0.248 e. The first-order valence-corrected chi connectivity index (χ1v) is 9.91. The molecule has 0 saturated heterocycles. The Balaban J connectivity index is 1.75. The Morgan fingerprint density at radius 2 is 1.83 bits per heavy atom. The normalized spacial score (nSPS) is 16.0. The largest absolute Gasteiger partial charge is 0.366 e. The highest BCUT2D eigenvalue weighted by molar-refractivity contribution is 6.05. The van der Waals surface area contributed by atoms with Crippen LogP contribution in [0.25, 0.3) is 10.8 Å². The lowest BCUT2D eigenvalue weighted by molar-refractivity contribution is -0.118. The second-order valence-corrected chi connectivity index (χ2v) is 8.04. The lowest BCUT2D eigenvalue weighted by Crippen LogP contribution is -2.48. The fraction of sp³-hybridized carbons (Fsp3) is 0.250. The number of fused-ring (bicyclic) bond motifs is 2. The third-order valence-corrected chi connectivity index (χ3v) is 5.39. The molecule has 0 radical (unpaired) electrons. The van der Waals surface area contributed by atoms with Crippen LogP contribution in [0.15, 0.2) is 60.7 Å². The van der Waals surface area contributed by atoms with E-state index >= 15 is 0 Å². The number of nitrogens with one attached hydrogen (secondary N) is 1. The van der Waals surface area contributed by atoms with Crippen LogP contribution in [0.2, 0.25) is 0 Å². The maximum absolute atomic E-state index is 12.9. The highest BCUT2D eigenvalue weighted by atomic mass is 16.2. The van der Waals surface area contributed by atoms with Crippen LogP contribution in [0.4, 0.5) is 11.4 Å². The van der Waals surface area contributed by atoms with Crippen LogP contribution in [0, 0.1) is 5.92 Å². The van der Waals surface area contributed by atoms with Gasteiger partial charge in [-0.1, -0.05) is 50.2 Å². The minimum Gasteiger partial charge on any atom is -0.366 e. The molecule has 5 nitrogen and oxygen atoms in total. The van der Waals surface area contributed by atoms with E-state index in [1.807, 2.05) is 18.2 Å². The molecule has 0 saturated carbocycles. The fourth-order valence-electron chi connectivity index (χ4n) is 3.98. The Bertz CT molecular complexity index is 1090. The molecular formula is C24H25N3O2. The second-order valence-electron chi connectivity index (χ2n) is 8.04. The maximum atomic E-state index is 12.9. The number of nitrogens with two attached hydrogens (primary N) is 1. The molecule has 0 aromatic heterocycles. The average molecular weight is 387 g/mol. The van der Waals surface area contributed by atoms with E-state index in [0.29, 0.717) is 23.7 Å². The van der Waals surface area contributed by atoms with Gasteiger partial charge in [0.2, 0.25) is 11.8 Å². The van der Waals surface area contributed by atoms with E-state index < -0.39 is 5.91 Å². The van der Waals surface area contributed by atoms with Crippen molar-refractivity contribution in [1.82, 2.24) is 0 Å². The van der Waals surface area contributed by atoms with Gasteiger partial charge in [0.25, 0.3) is 0 Å². The number of carbonyl (C=O) groups excluding carboxylic acids is 2. The third kappa shape index (κ3) is 3.81. The predicted octanol–water partition coefficient (Wildman–Crippen LogP) is 4.31. The third-order valence-electron chi connectivity index (χ3n) is 5.39. The van der Waals surface area contributed by atoms with Crippen LogP contribution in [0.5, 0.6) is 0 Å². The molecule has 29 heavy (non-hydrogen) atoms. The highest BCUT2D eigenvalue weighted by Crippen LogP contribution is 2.36. The number of nitrogens with zero attached hydrogens (tertiary/aromatic N) is 1. The molecule has 0 fully saturated rings. The van der Waals surface area contributed by atoms with Crippen molar-refractivity contribution in [1.29, 1.82) is 0 Å². The molecule has 3 N–H and O–H groups in total. The van der Waals surface area contributed by atoms with Gasteiger partial charge in [-0.15, -0.1) is 0 Å². The zero-order chi connectivity index (χ0) is 20.5. The van der Waals surface area contributed by atoms with Crippen molar-refractivity contribution in [3.05, 3.63) is 71.8 Å². The predicted molar refractivity (Wildman–Crippen MR) is 117 cm³/mol. The van der Waals surface area contributed by atoms with Crippen LogP contribution < -0.4 is 16.0 Å². The van der Waals surface area contributed by atoms with Crippen molar-refractivity contribution in [2.45, 2.75) is 32.9 Å². The molecule has 5 heteroatoms. The summed E-state index contributed by atoms with van der Waals surface area (Å²) in [6.45, 7) is 4.85. The molecule has 0 spiro atoms. The summed E-state index contributed by atoms with van der Waals surface area (Å²) in [5.74, 6) is -0.183. The van der Waals surface area contributed by atoms with Gasteiger partial charge in [0.15, 0.2) is 0 Å². The topological polar surface area (TPSA) is 75.4 Å². The average Bonchev–Trinajstić information content (AvgIpc) is 2.69. The van der Waals surface area contributed by atoms with E-state index in [-0.39, 0.29) is 11.9 Å². The number of amides is 2. The summed E-state index contributed by atoms with van der Waals surface area (Å²) < 4.78 is 0. The highest BCUT2D eigenvalue weighted by Gasteiger charge is 2.33. The van der Waals surface area contributed by atoms with E-state index in [4.69, 9.17) is 5.73 Å². The van der Waals surface area contributed by atoms with Crippen LogP contribution in [0.3, 0.4) is 0 Å². The Labute approximate surface area is 170 Å². The van der Waals surface area contributed by atoms with Gasteiger partial charge in [-0.05, 0) is 52.9 Å². The molecule has 2 amide bonds. The first kappa shape index (κ1) is 19.0. The number of benzene rings is 3. The van der Waals surface area contributed by atoms with Gasteiger partial charge in [0.1, 0.15) is 6.04 Å². The number of hydrogen-bond donors (Lipinski definition) is 2. The minimum atomic E-state index is -0.507. The first-order chi connectivity index (χ1) is 13.9. The first-order valence-electron chi connectivity index (χ1n) is 9.91. The van der Waals surface area contributed by atoms with Gasteiger partial charge in [-0.25, -0.2) is 0 Å².